The number of benzene rings is 2. The minimum absolute atomic E-state index is 0.00645. The second kappa shape index (κ2) is 7.97. The van der Waals surface area contributed by atoms with Crippen LogP contribution in [0.25, 0.3) is 11.0 Å². The van der Waals surface area contributed by atoms with E-state index in [9.17, 15) is 16.8 Å². The van der Waals surface area contributed by atoms with Crippen molar-refractivity contribution in [2.75, 3.05) is 32.4 Å². The minimum atomic E-state index is -3.76. The number of nitrogens with zero attached hydrogens (tertiary/aromatic N) is 2. The summed E-state index contributed by atoms with van der Waals surface area (Å²) in [6.45, 7) is 2.30. The topological polar surface area (TPSA) is 87.9 Å². The minimum Gasteiger partial charge on any atom is -0.460 e. The van der Waals surface area contributed by atoms with E-state index in [1.807, 2.05) is 18.2 Å². The highest BCUT2D eigenvalue weighted by Crippen LogP contribution is 2.25. The molecule has 2 aromatic carbocycles. The lowest BCUT2D eigenvalue weighted by Crippen LogP contribution is -2.48. The van der Waals surface area contributed by atoms with Gasteiger partial charge in [0.25, 0.3) is 0 Å². The molecular formula is C20H21ClN2O5S2. The van der Waals surface area contributed by atoms with Gasteiger partial charge >= 0.3 is 0 Å². The monoisotopic (exact) mass is 468 g/mol. The molecule has 1 aliphatic heterocycles. The van der Waals surface area contributed by atoms with E-state index >= 15 is 0 Å². The quantitative estimate of drug-likeness (QED) is 0.572. The van der Waals surface area contributed by atoms with E-state index in [-0.39, 0.29) is 9.79 Å². The molecule has 30 heavy (non-hydrogen) atoms. The highest BCUT2D eigenvalue weighted by molar-refractivity contribution is 7.91. The molecule has 160 valence electrons. The van der Waals surface area contributed by atoms with Crippen molar-refractivity contribution in [3.8, 4) is 0 Å². The zero-order valence-corrected chi connectivity index (χ0v) is 18.7. The normalized spacial score (nSPS) is 16.9. The molecule has 1 aliphatic rings. The van der Waals surface area contributed by atoms with E-state index in [4.69, 9.17) is 16.0 Å². The van der Waals surface area contributed by atoms with Crippen molar-refractivity contribution >= 4 is 42.4 Å². The largest absolute Gasteiger partial charge is 0.460 e. The summed E-state index contributed by atoms with van der Waals surface area (Å²) in [6.07, 6.45) is 1.06. The Labute approximate surface area is 180 Å². The molecular weight excluding hydrogens is 448 g/mol. The predicted octanol–water partition coefficient (Wildman–Crippen LogP) is 3.00. The summed E-state index contributed by atoms with van der Waals surface area (Å²) in [5, 5.41) is 1.58. The molecule has 1 saturated heterocycles. The van der Waals surface area contributed by atoms with Crippen LogP contribution in [0.2, 0.25) is 5.02 Å². The van der Waals surface area contributed by atoms with Crippen LogP contribution < -0.4 is 0 Å². The molecule has 4 rings (SSSR count). The molecule has 1 aromatic heterocycles. The predicted molar refractivity (Wildman–Crippen MR) is 115 cm³/mol. The van der Waals surface area contributed by atoms with Gasteiger partial charge in [-0.25, -0.2) is 16.8 Å². The van der Waals surface area contributed by atoms with Crippen LogP contribution in [0.3, 0.4) is 0 Å². The number of fused-ring (bicyclic) bond motifs is 1. The molecule has 7 nitrogen and oxygen atoms in total. The van der Waals surface area contributed by atoms with Gasteiger partial charge in [0.15, 0.2) is 9.84 Å². The van der Waals surface area contributed by atoms with Crippen LogP contribution >= 0.6 is 11.6 Å². The summed E-state index contributed by atoms with van der Waals surface area (Å²) in [5.41, 5.74) is 0.765. The molecule has 0 N–H and O–H groups in total. The van der Waals surface area contributed by atoms with Gasteiger partial charge in [0.05, 0.1) is 16.3 Å². The van der Waals surface area contributed by atoms with Crippen molar-refractivity contribution in [3.05, 3.63) is 59.3 Å². The first kappa shape index (κ1) is 21.3. The molecule has 0 bridgehead atoms. The van der Waals surface area contributed by atoms with E-state index in [0.717, 1.165) is 23.0 Å². The number of piperazine rings is 1. The third kappa shape index (κ3) is 4.40. The van der Waals surface area contributed by atoms with Gasteiger partial charge in [0.1, 0.15) is 11.3 Å². The second-order valence-electron chi connectivity index (χ2n) is 7.32. The fourth-order valence-electron chi connectivity index (χ4n) is 3.51. The number of hydrogen-bond donors (Lipinski definition) is 0. The van der Waals surface area contributed by atoms with Crippen molar-refractivity contribution in [1.82, 2.24) is 9.21 Å². The molecule has 0 atom stereocenters. The van der Waals surface area contributed by atoms with Gasteiger partial charge in [-0.3, -0.25) is 4.90 Å². The lowest BCUT2D eigenvalue weighted by atomic mass is 10.2. The van der Waals surface area contributed by atoms with E-state index in [2.05, 4.69) is 4.90 Å². The molecule has 10 heteroatoms. The van der Waals surface area contributed by atoms with Crippen LogP contribution in [0, 0.1) is 0 Å². The van der Waals surface area contributed by atoms with E-state index in [1.54, 1.807) is 6.07 Å². The highest BCUT2D eigenvalue weighted by Gasteiger charge is 2.29. The van der Waals surface area contributed by atoms with Gasteiger partial charge in [-0.1, -0.05) is 17.7 Å². The summed E-state index contributed by atoms with van der Waals surface area (Å²) in [6, 6.07) is 12.9. The van der Waals surface area contributed by atoms with Crippen molar-refractivity contribution in [3.63, 3.8) is 0 Å². The average Bonchev–Trinajstić information content (AvgIpc) is 3.09. The lowest BCUT2D eigenvalue weighted by molar-refractivity contribution is 0.172. The van der Waals surface area contributed by atoms with Gasteiger partial charge in [0.2, 0.25) is 10.0 Å². The van der Waals surface area contributed by atoms with Crippen LogP contribution in [0.1, 0.15) is 5.76 Å². The Kier molecular flexibility index (Phi) is 5.67. The molecule has 0 saturated carbocycles. The summed E-state index contributed by atoms with van der Waals surface area (Å²) in [5.74, 6) is 0.796. The zero-order chi connectivity index (χ0) is 21.5. The van der Waals surface area contributed by atoms with Crippen molar-refractivity contribution in [2.45, 2.75) is 16.3 Å². The molecule has 0 spiro atoms. The van der Waals surface area contributed by atoms with Crippen molar-refractivity contribution in [2.24, 2.45) is 0 Å². The Morgan fingerprint density at radius 3 is 2.33 bits per heavy atom. The molecule has 0 aliphatic carbocycles. The number of halogens is 1. The van der Waals surface area contributed by atoms with E-state index in [0.29, 0.717) is 37.7 Å². The maximum atomic E-state index is 13.0. The fraction of sp³-hybridized carbons (Fsp3) is 0.300. The lowest BCUT2D eigenvalue weighted by Gasteiger charge is -2.33. The summed E-state index contributed by atoms with van der Waals surface area (Å²) < 4.78 is 56.7. The van der Waals surface area contributed by atoms with Crippen LogP contribution in [0.4, 0.5) is 0 Å². The molecule has 3 aromatic rings. The van der Waals surface area contributed by atoms with Gasteiger partial charge in [-0.2, -0.15) is 4.31 Å². The van der Waals surface area contributed by atoms with Crippen LogP contribution in [0.5, 0.6) is 0 Å². The number of rotatable bonds is 5. The number of furan rings is 1. The Balaban J connectivity index is 1.44. The molecule has 1 fully saturated rings. The SMILES string of the molecule is CS(=O)(=O)c1cccc(S(=O)(=O)N2CCN(Cc3cc4cc(Cl)ccc4o3)CC2)c1. The number of hydrogen-bond acceptors (Lipinski definition) is 6. The first-order valence-electron chi connectivity index (χ1n) is 9.33. The van der Waals surface area contributed by atoms with E-state index < -0.39 is 19.9 Å². The van der Waals surface area contributed by atoms with Crippen molar-refractivity contribution in [1.29, 1.82) is 0 Å². The first-order chi connectivity index (χ1) is 14.1. The summed E-state index contributed by atoms with van der Waals surface area (Å²) in [4.78, 5) is 2.11. The van der Waals surface area contributed by atoms with Gasteiger partial charge in [0, 0.05) is 42.8 Å². The highest BCUT2D eigenvalue weighted by atomic mass is 35.5. The van der Waals surface area contributed by atoms with E-state index in [1.165, 1.54) is 28.6 Å². The Morgan fingerprint density at radius 2 is 1.63 bits per heavy atom. The van der Waals surface area contributed by atoms with Gasteiger partial charge in [-0.05, 0) is 42.5 Å². The fourth-order valence-corrected chi connectivity index (χ4v) is 5.90. The maximum absolute atomic E-state index is 13.0. The smallest absolute Gasteiger partial charge is 0.243 e. The Morgan fingerprint density at radius 1 is 0.933 bits per heavy atom. The van der Waals surface area contributed by atoms with Crippen LogP contribution in [0.15, 0.2) is 62.7 Å². The Hall–Kier alpha value is -1.91. The van der Waals surface area contributed by atoms with Crippen molar-refractivity contribution < 1.29 is 21.3 Å². The molecule has 0 radical (unpaired) electrons. The first-order valence-corrected chi connectivity index (χ1v) is 13.0. The number of sulfone groups is 1. The third-order valence-electron chi connectivity index (χ3n) is 5.11. The summed E-state index contributed by atoms with van der Waals surface area (Å²) in [7, 11) is -7.25. The Bertz CT molecular complexity index is 1290. The average molecular weight is 469 g/mol. The standard InChI is InChI=1S/C20H21ClN2O5S2/c1-29(24,25)18-3-2-4-19(13-18)30(26,27)23-9-7-22(8-10-23)14-17-12-15-11-16(21)5-6-20(15)28-17/h2-6,11-13H,7-10,14H2,1H3. The van der Waals surface area contributed by atoms with Gasteiger partial charge in [-0.15, -0.1) is 0 Å². The van der Waals surface area contributed by atoms with Gasteiger partial charge < -0.3 is 4.42 Å². The maximum Gasteiger partial charge on any atom is 0.243 e. The van der Waals surface area contributed by atoms with Crippen LogP contribution in [-0.4, -0.2) is 58.5 Å². The zero-order valence-electron chi connectivity index (χ0n) is 16.3. The second-order valence-corrected chi connectivity index (χ2v) is 11.7. The molecule has 0 unspecified atom stereocenters. The third-order valence-corrected chi connectivity index (χ3v) is 8.35. The molecule has 2 heterocycles. The summed E-state index contributed by atoms with van der Waals surface area (Å²) >= 11 is 6.02. The van der Waals surface area contributed by atoms with Crippen LogP contribution in [-0.2, 0) is 26.4 Å². The number of sulfonamides is 1. The molecule has 0 amide bonds.